The molecule has 2 rings (SSSR count). The maximum Gasteiger partial charge on any atom is 0.258 e. The molecule has 23 heavy (non-hydrogen) atoms. The summed E-state index contributed by atoms with van der Waals surface area (Å²) in [6.45, 7) is 6.19. The Kier molecular flexibility index (Phi) is 5.64. The van der Waals surface area contributed by atoms with E-state index in [1.165, 1.54) is 10.4 Å². The Morgan fingerprint density at radius 2 is 1.96 bits per heavy atom. The summed E-state index contributed by atoms with van der Waals surface area (Å²) in [5, 5.41) is 2.84. The molecule has 0 aliphatic heterocycles. The summed E-state index contributed by atoms with van der Waals surface area (Å²) in [6.07, 6.45) is 2.06. The number of carbonyl (C=O) groups excluding carboxylic acids is 1. The summed E-state index contributed by atoms with van der Waals surface area (Å²) in [7, 11) is -3.48. The number of sulfonamides is 1. The van der Waals surface area contributed by atoms with Gasteiger partial charge in [0.25, 0.3) is 5.91 Å². The minimum Gasteiger partial charge on any atom is -0.484 e. The zero-order valence-electron chi connectivity index (χ0n) is 13.8. The summed E-state index contributed by atoms with van der Waals surface area (Å²) < 4.78 is 31.8. The van der Waals surface area contributed by atoms with Gasteiger partial charge in [0.05, 0.1) is 4.90 Å². The molecule has 1 N–H and O–H groups in total. The molecule has 0 unspecified atom stereocenters. The molecule has 1 aromatic rings. The van der Waals surface area contributed by atoms with Crippen molar-refractivity contribution in [3.8, 4) is 5.75 Å². The van der Waals surface area contributed by atoms with Crippen LogP contribution in [0.3, 0.4) is 0 Å². The van der Waals surface area contributed by atoms with Gasteiger partial charge in [0, 0.05) is 19.1 Å². The molecule has 1 aromatic carbocycles. The van der Waals surface area contributed by atoms with Crippen LogP contribution >= 0.6 is 0 Å². The smallest absolute Gasteiger partial charge is 0.258 e. The molecule has 1 aliphatic rings. The van der Waals surface area contributed by atoms with E-state index in [2.05, 4.69) is 5.32 Å². The highest BCUT2D eigenvalue weighted by Crippen LogP contribution is 2.24. The van der Waals surface area contributed by atoms with Gasteiger partial charge in [-0.2, -0.15) is 4.31 Å². The van der Waals surface area contributed by atoms with Crippen molar-refractivity contribution < 1.29 is 17.9 Å². The Morgan fingerprint density at radius 3 is 2.48 bits per heavy atom. The standard InChI is InChI=1S/C16H24N2O4S/c1-4-18(5-2)23(20,21)14-8-9-15(12(3)10-14)22-11-16(19)17-13-6-7-13/h8-10,13H,4-7,11H2,1-3H3,(H,17,19). The van der Waals surface area contributed by atoms with Crippen LogP contribution in [-0.4, -0.2) is 44.4 Å². The summed E-state index contributed by atoms with van der Waals surface area (Å²) in [6, 6.07) is 5.01. The molecule has 0 aromatic heterocycles. The summed E-state index contributed by atoms with van der Waals surface area (Å²) in [5.74, 6) is 0.376. The molecule has 1 saturated carbocycles. The maximum atomic E-state index is 12.5. The Labute approximate surface area is 137 Å². The fourth-order valence-corrected chi connectivity index (χ4v) is 3.84. The first-order valence-electron chi connectivity index (χ1n) is 7.91. The Balaban J connectivity index is 2.06. The van der Waals surface area contributed by atoms with Gasteiger partial charge in [-0.25, -0.2) is 8.42 Å². The fraction of sp³-hybridized carbons (Fsp3) is 0.562. The third-order valence-corrected chi connectivity index (χ3v) is 5.84. The van der Waals surface area contributed by atoms with E-state index in [-0.39, 0.29) is 17.4 Å². The largest absolute Gasteiger partial charge is 0.484 e. The second-order valence-electron chi connectivity index (χ2n) is 5.65. The monoisotopic (exact) mass is 340 g/mol. The quantitative estimate of drug-likeness (QED) is 0.781. The van der Waals surface area contributed by atoms with Gasteiger partial charge in [0.15, 0.2) is 6.61 Å². The average molecular weight is 340 g/mol. The van der Waals surface area contributed by atoms with Crippen molar-refractivity contribution in [1.29, 1.82) is 0 Å². The number of rotatable bonds is 8. The summed E-state index contributed by atoms with van der Waals surface area (Å²) >= 11 is 0. The molecule has 0 spiro atoms. The normalized spacial score (nSPS) is 14.8. The molecular formula is C16H24N2O4S. The number of hydrogen-bond donors (Lipinski definition) is 1. The number of amides is 1. The van der Waals surface area contributed by atoms with E-state index in [0.717, 1.165) is 12.8 Å². The second-order valence-corrected chi connectivity index (χ2v) is 7.59. The predicted molar refractivity (Wildman–Crippen MR) is 87.9 cm³/mol. The molecule has 7 heteroatoms. The van der Waals surface area contributed by atoms with Crippen molar-refractivity contribution in [1.82, 2.24) is 9.62 Å². The van der Waals surface area contributed by atoms with Gasteiger partial charge in [-0.3, -0.25) is 4.79 Å². The van der Waals surface area contributed by atoms with Crippen LogP contribution in [0.25, 0.3) is 0 Å². The minimum absolute atomic E-state index is 0.0561. The third-order valence-electron chi connectivity index (χ3n) is 3.79. The molecule has 1 aliphatic carbocycles. The number of nitrogens with zero attached hydrogens (tertiary/aromatic N) is 1. The molecule has 0 saturated heterocycles. The van der Waals surface area contributed by atoms with E-state index in [4.69, 9.17) is 4.74 Å². The molecular weight excluding hydrogens is 316 g/mol. The van der Waals surface area contributed by atoms with Gasteiger partial charge in [0.1, 0.15) is 5.75 Å². The fourth-order valence-electron chi connectivity index (χ4n) is 2.30. The van der Waals surface area contributed by atoms with Gasteiger partial charge in [-0.05, 0) is 43.5 Å². The van der Waals surface area contributed by atoms with E-state index < -0.39 is 10.0 Å². The van der Waals surface area contributed by atoms with Crippen molar-refractivity contribution in [3.05, 3.63) is 23.8 Å². The van der Waals surface area contributed by atoms with Crippen LogP contribution in [0.5, 0.6) is 5.75 Å². The van der Waals surface area contributed by atoms with Gasteiger partial charge < -0.3 is 10.1 Å². The number of hydrogen-bond acceptors (Lipinski definition) is 4. The van der Waals surface area contributed by atoms with E-state index in [1.54, 1.807) is 19.1 Å². The summed E-state index contributed by atoms with van der Waals surface area (Å²) in [5.41, 5.74) is 0.692. The first kappa shape index (κ1) is 17.7. The second kappa shape index (κ2) is 7.31. The molecule has 6 nitrogen and oxygen atoms in total. The summed E-state index contributed by atoms with van der Waals surface area (Å²) in [4.78, 5) is 11.9. The molecule has 0 bridgehead atoms. The van der Waals surface area contributed by atoms with Crippen LogP contribution in [0.2, 0.25) is 0 Å². The molecule has 128 valence electrons. The van der Waals surface area contributed by atoms with Gasteiger partial charge in [0.2, 0.25) is 10.0 Å². The molecule has 0 heterocycles. The Morgan fingerprint density at radius 1 is 1.30 bits per heavy atom. The van der Waals surface area contributed by atoms with Crippen molar-refractivity contribution in [2.45, 2.75) is 44.6 Å². The van der Waals surface area contributed by atoms with Crippen LogP contribution in [0, 0.1) is 6.92 Å². The van der Waals surface area contributed by atoms with Crippen LogP contribution in [0.4, 0.5) is 0 Å². The van der Waals surface area contributed by atoms with Crippen LogP contribution in [0.1, 0.15) is 32.3 Å². The zero-order valence-corrected chi connectivity index (χ0v) is 14.6. The number of aryl methyl sites for hydroxylation is 1. The Hall–Kier alpha value is -1.60. The number of benzene rings is 1. The van der Waals surface area contributed by atoms with E-state index >= 15 is 0 Å². The molecule has 0 radical (unpaired) electrons. The molecule has 1 amide bonds. The van der Waals surface area contributed by atoms with Crippen molar-refractivity contribution in [3.63, 3.8) is 0 Å². The number of ether oxygens (including phenoxy) is 1. The van der Waals surface area contributed by atoms with Gasteiger partial charge in [-0.15, -0.1) is 0 Å². The SMILES string of the molecule is CCN(CC)S(=O)(=O)c1ccc(OCC(=O)NC2CC2)c(C)c1. The van der Waals surface area contributed by atoms with Gasteiger partial charge in [-0.1, -0.05) is 13.8 Å². The van der Waals surface area contributed by atoms with Crippen molar-refractivity contribution in [2.75, 3.05) is 19.7 Å². The van der Waals surface area contributed by atoms with Crippen molar-refractivity contribution >= 4 is 15.9 Å². The zero-order chi connectivity index (χ0) is 17.0. The van der Waals surface area contributed by atoms with Crippen LogP contribution in [-0.2, 0) is 14.8 Å². The minimum atomic E-state index is -3.48. The number of carbonyl (C=O) groups is 1. The molecule has 1 fully saturated rings. The topological polar surface area (TPSA) is 75.7 Å². The maximum absolute atomic E-state index is 12.5. The van der Waals surface area contributed by atoms with E-state index in [9.17, 15) is 13.2 Å². The number of nitrogens with one attached hydrogen (secondary N) is 1. The lowest BCUT2D eigenvalue weighted by Gasteiger charge is -2.19. The molecule has 0 atom stereocenters. The van der Waals surface area contributed by atoms with Gasteiger partial charge >= 0.3 is 0 Å². The van der Waals surface area contributed by atoms with E-state index in [1.807, 2.05) is 13.8 Å². The highest BCUT2D eigenvalue weighted by Gasteiger charge is 2.24. The highest BCUT2D eigenvalue weighted by molar-refractivity contribution is 7.89. The Bertz CT molecular complexity index is 665. The lowest BCUT2D eigenvalue weighted by atomic mass is 10.2. The highest BCUT2D eigenvalue weighted by atomic mass is 32.2. The lowest BCUT2D eigenvalue weighted by Crippen LogP contribution is -2.31. The van der Waals surface area contributed by atoms with Crippen molar-refractivity contribution in [2.24, 2.45) is 0 Å². The third kappa shape index (κ3) is 4.45. The lowest BCUT2D eigenvalue weighted by molar-refractivity contribution is -0.123. The first-order valence-corrected chi connectivity index (χ1v) is 9.35. The van der Waals surface area contributed by atoms with Crippen LogP contribution < -0.4 is 10.1 Å². The first-order chi connectivity index (χ1) is 10.9. The predicted octanol–water partition coefficient (Wildman–Crippen LogP) is 1.68. The van der Waals surface area contributed by atoms with Crippen LogP contribution in [0.15, 0.2) is 23.1 Å². The average Bonchev–Trinajstić information content (AvgIpc) is 3.30. The van der Waals surface area contributed by atoms with E-state index in [0.29, 0.717) is 30.4 Å².